The summed E-state index contributed by atoms with van der Waals surface area (Å²) in [7, 11) is 1.67. The molecule has 2 heterocycles. The maximum atomic E-state index is 6.77. The van der Waals surface area contributed by atoms with Gasteiger partial charge in [-0.3, -0.25) is 0 Å². The molecule has 4 nitrogen and oxygen atoms in total. The van der Waals surface area contributed by atoms with Crippen LogP contribution in [0.1, 0.15) is 57.2 Å². The first-order valence-electron chi connectivity index (χ1n) is 12.7. The number of nitrogens with zero attached hydrogens (tertiary/aromatic N) is 1. The number of hydrogen-bond donors (Lipinski definition) is 0. The Kier molecular flexibility index (Phi) is 7.75. The van der Waals surface area contributed by atoms with Gasteiger partial charge in [0.05, 0.1) is 37.0 Å². The molecule has 0 radical (unpaired) electrons. The van der Waals surface area contributed by atoms with Crippen LogP contribution < -0.4 is 4.74 Å². The van der Waals surface area contributed by atoms with E-state index >= 15 is 0 Å². The number of fused-ring (bicyclic) bond motifs is 1. The second-order valence-corrected chi connectivity index (χ2v) is 11.1. The van der Waals surface area contributed by atoms with Crippen LogP contribution in [0.2, 0.25) is 0 Å². The van der Waals surface area contributed by atoms with Gasteiger partial charge in [0.25, 0.3) is 0 Å². The van der Waals surface area contributed by atoms with Gasteiger partial charge < -0.3 is 19.1 Å². The molecule has 5 heteroatoms. The van der Waals surface area contributed by atoms with Gasteiger partial charge in [0.1, 0.15) is 11.5 Å². The molecule has 4 rings (SSSR count). The first-order chi connectivity index (χ1) is 17.2. The molecule has 2 aliphatic rings. The highest BCUT2D eigenvalue weighted by Gasteiger charge is 2.62. The molecule has 2 saturated heterocycles. The molecule has 2 aromatic rings. The number of benzene rings is 2. The fourth-order valence-corrected chi connectivity index (χ4v) is 6.80. The van der Waals surface area contributed by atoms with Crippen LogP contribution in [-0.2, 0) is 16.1 Å². The van der Waals surface area contributed by atoms with E-state index in [9.17, 15) is 0 Å². The standard InChI is InChI=1S/C31H39NO3S/c1-7-18-31(25(8-2)22-34-21-23-14-16-26(33-6)17-15-23)20-19-30(5)32(28(31)36)27(29(3,4)35-30)24-12-10-9-11-13-24/h7-17,25,27H,1-2,18-22H2,3-6H3/t25-,27-,30+,31+/m1/s1. The van der Waals surface area contributed by atoms with Gasteiger partial charge in [0.2, 0.25) is 0 Å². The summed E-state index contributed by atoms with van der Waals surface area (Å²) < 4.78 is 18.3. The molecule has 36 heavy (non-hydrogen) atoms. The molecule has 0 bridgehead atoms. The molecule has 2 aliphatic heterocycles. The molecule has 0 unspecified atom stereocenters. The average Bonchev–Trinajstić information content (AvgIpc) is 3.10. The number of ether oxygens (including phenoxy) is 3. The van der Waals surface area contributed by atoms with Crippen molar-refractivity contribution in [2.45, 2.75) is 64.0 Å². The van der Waals surface area contributed by atoms with Crippen LogP contribution in [0.25, 0.3) is 0 Å². The third-order valence-corrected chi connectivity index (χ3v) is 8.54. The lowest BCUT2D eigenvalue weighted by Crippen LogP contribution is -2.59. The van der Waals surface area contributed by atoms with Gasteiger partial charge in [-0.15, -0.1) is 13.2 Å². The zero-order valence-corrected chi connectivity index (χ0v) is 22.9. The van der Waals surface area contributed by atoms with Crippen molar-refractivity contribution in [3.8, 4) is 5.75 Å². The lowest BCUT2D eigenvalue weighted by Gasteiger charge is -2.53. The largest absolute Gasteiger partial charge is 0.497 e. The van der Waals surface area contributed by atoms with E-state index in [0.717, 1.165) is 35.6 Å². The fourth-order valence-electron chi connectivity index (χ4n) is 6.17. The topological polar surface area (TPSA) is 30.9 Å². The lowest BCUT2D eigenvalue weighted by molar-refractivity contribution is -0.122. The minimum Gasteiger partial charge on any atom is -0.497 e. The third-order valence-electron chi connectivity index (χ3n) is 7.93. The van der Waals surface area contributed by atoms with Crippen LogP contribution >= 0.6 is 12.2 Å². The summed E-state index contributed by atoms with van der Waals surface area (Å²) >= 11 is 6.39. The maximum Gasteiger partial charge on any atom is 0.140 e. The Balaban J connectivity index is 1.61. The van der Waals surface area contributed by atoms with E-state index in [4.69, 9.17) is 26.4 Å². The number of methoxy groups -OCH3 is 1. The van der Waals surface area contributed by atoms with E-state index in [0.29, 0.717) is 13.2 Å². The summed E-state index contributed by atoms with van der Waals surface area (Å²) in [6, 6.07) is 18.6. The van der Waals surface area contributed by atoms with Gasteiger partial charge in [-0.2, -0.15) is 0 Å². The van der Waals surface area contributed by atoms with E-state index in [1.807, 2.05) is 36.4 Å². The Morgan fingerprint density at radius 1 is 1.08 bits per heavy atom. The van der Waals surface area contributed by atoms with Crippen LogP contribution in [0.4, 0.5) is 0 Å². The maximum absolute atomic E-state index is 6.77. The van der Waals surface area contributed by atoms with Crippen LogP contribution in [0.15, 0.2) is 79.9 Å². The Morgan fingerprint density at radius 2 is 1.78 bits per heavy atom. The minimum absolute atomic E-state index is 0.0198. The van der Waals surface area contributed by atoms with Crippen LogP contribution in [0.3, 0.4) is 0 Å². The van der Waals surface area contributed by atoms with Gasteiger partial charge in [-0.25, -0.2) is 0 Å². The fraction of sp³-hybridized carbons (Fsp3) is 0.452. The summed E-state index contributed by atoms with van der Waals surface area (Å²) in [6.45, 7) is 15.9. The van der Waals surface area contributed by atoms with Crippen molar-refractivity contribution in [1.82, 2.24) is 4.90 Å². The summed E-state index contributed by atoms with van der Waals surface area (Å²) in [6.07, 6.45) is 6.55. The Bertz CT molecular complexity index is 1080. The molecule has 0 N–H and O–H groups in total. The molecule has 0 aliphatic carbocycles. The number of hydrogen-bond acceptors (Lipinski definition) is 4. The first-order valence-corrected chi connectivity index (χ1v) is 13.1. The summed E-state index contributed by atoms with van der Waals surface area (Å²) in [4.78, 5) is 3.30. The molecule has 192 valence electrons. The Hall–Kier alpha value is -2.47. The van der Waals surface area contributed by atoms with Gasteiger partial charge in [-0.1, -0.05) is 66.8 Å². The van der Waals surface area contributed by atoms with Crippen LogP contribution in [0.5, 0.6) is 5.75 Å². The van der Waals surface area contributed by atoms with Crippen molar-refractivity contribution in [3.05, 3.63) is 91.0 Å². The van der Waals surface area contributed by atoms with E-state index < -0.39 is 5.72 Å². The minimum atomic E-state index is -0.457. The second kappa shape index (κ2) is 10.5. The average molecular weight is 506 g/mol. The van der Waals surface area contributed by atoms with E-state index in [1.54, 1.807) is 7.11 Å². The van der Waals surface area contributed by atoms with Crippen molar-refractivity contribution in [1.29, 1.82) is 0 Å². The van der Waals surface area contributed by atoms with Gasteiger partial charge in [0.15, 0.2) is 0 Å². The highest BCUT2D eigenvalue weighted by Crippen LogP contribution is 2.58. The SMILES string of the molecule is C=CC[C@@]1([C@H](C=C)COCc2ccc(OC)cc2)CC[C@]2(C)OC(C)(C)[C@@H](c3ccccc3)N2C1=S. The number of thiocarbonyl (C=S) groups is 1. The number of rotatable bonds is 10. The van der Waals surface area contributed by atoms with Crippen molar-refractivity contribution in [3.63, 3.8) is 0 Å². The molecule has 0 amide bonds. The van der Waals surface area contributed by atoms with Crippen LogP contribution in [0, 0.1) is 11.3 Å². The molecule has 0 saturated carbocycles. The van der Waals surface area contributed by atoms with Crippen LogP contribution in [-0.4, -0.2) is 34.9 Å². The predicted molar refractivity (Wildman–Crippen MR) is 150 cm³/mol. The van der Waals surface area contributed by atoms with Crippen molar-refractivity contribution < 1.29 is 14.2 Å². The molecular formula is C31H39NO3S. The van der Waals surface area contributed by atoms with Gasteiger partial charge in [0, 0.05) is 11.3 Å². The molecule has 0 spiro atoms. The van der Waals surface area contributed by atoms with Gasteiger partial charge in [-0.05, 0) is 63.3 Å². The van der Waals surface area contributed by atoms with Crippen molar-refractivity contribution in [2.24, 2.45) is 11.3 Å². The molecular weight excluding hydrogens is 466 g/mol. The highest BCUT2D eigenvalue weighted by atomic mass is 32.1. The summed E-state index contributed by atoms with van der Waals surface area (Å²) in [5.74, 6) is 0.887. The number of allylic oxidation sites excluding steroid dienone is 1. The van der Waals surface area contributed by atoms with Crippen molar-refractivity contribution in [2.75, 3.05) is 13.7 Å². The van der Waals surface area contributed by atoms with Crippen molar-refractivity contribution >= 4 is 17.2 Å². The zero-order chi connectivity index (χ0) is 26.0. The third kappa shape index (κ3) is 4.77. The second-order valence-electron chi connectivity index (χ2n) is 10.7. The van der Waals surface area contributed by atoms with E-state index in [-0.39, 0.29) is 23.0 Å². The zero-order valence-electron chi connectivity index (χ0n) is 22.0. The van der Waals surface area contributed by atoms with Gasteiger partial charge >= 0.3 is 0 Å². The first kappa shape index (κ1) is 26.6. The predicted octanol–water partition coefficient (Wildman–Crippen LogP) is 7.27. The normalized spacial score (nSPS) is 27.8. The Morgan fingerprint density at radius 3 is 2.39 bits per heavy atom. The van der Waals surface area contributed by atoms with E-state index in [2.05, 4.69) is 69.2 Å². The summed E-state index contributed by atoms with van der Waals surface area (Å²) in [5, 5.41) is 0. The quantitative estimate of drug-likeness (QED) is 0.250. The molecule has 0 aromatic heterocycles. The molecule has 2 aromatic carbocycles. The number of piperidine rings is 1. The highest BCUT2D eigenvalue weighted by molar-refractivity contribution is 7.80. The molecule has 4 atom stereocenters. The monoisotopic (exact) mass is 505 g/mol. The lowest BCUT2D eigenvalue weighted by atomic mass is 9.65. The van der Waals surface area contributed by atoms with E-state index in [1.165, 1.54) is 5.56 Å². The summed E-state index contributed by atoms with van der Waals surface area (Å²) in [5.41, 5.74) is 1.16. The smallest absolute Gasteiger partial charge is 0.140 e. The molecule has 2 fully saturated rings. The Labute approximate surface area is 221 Å².